The lowest BCUT2D eigenvalue weighted by atomic mass is 10.0. The van der Waals surface area contributed by atoms with Crippen molar-refractivity contribution < 1.29 is 19.1 Å². The number of ether oxygens (including phenoxy) is 2. The summed E-state index contributed by atoms with van der Waals surface area (Å²) in [6.07, 6.45) is 1.96. The number of methoxy groups -OCH3 is 1. The number of hydrogen-bond donors (Lipinski definition) is 2. The van der Waals surface area contributed by atoms with Crippen LogP contribution in [0, 0.1) is 5.92 Å². The van der Waals surface area contributed by atoms with Gasteiger partial charge in [0.05, 0.1) is 26.2 Å². The maximum Gasteiger partial charge on any atom is 0.305 e. The second-order valence-corrected chi connectivity index (χ2v) is 4.68. The van der Waals surface area contributed by atoms with E-state index < -0.39 is 0 Å². The van der Waals surface area contributed by atoms with Gasteiger partial charge in [0.15, 0.2) is 0 Å². The van der Waals surface area contributed by atoms with E-state index in [1.165, 1.54) is 7.11 Å². The van der Waals surface area contributed by atoms with Gasteiger partial charge >= 0.3 is 5.97 Å². The molecule has 0 aliphatic carbocycles. The van der Waals surface area contributed by atoms with Gasteiger partial charge in [-0.05, 0) is 19.4 Å². The van der Waals surface area contributed by atoms with Gasteiger partial charge in [0.25, 0.3) is 0 Å². The molecule has 0 spiro atoms. The standard InChI is InChI=1S/C13H24N2O4/c1-3-6-14-11-9-19-8-10(11)13(17)15-7-4-5-12(16)18-2/h10-11,14H,3-9H2,1-2H3,(H,15,17). The van der Waals surface area contributed by atoms with Crippen LogP contribution >= 0.6 is 0 Å². The Labute approximate surface area is 114 Å². The van der Waals surface area contributed by atoms with Gasteiger partial charge in [0.2, 0.25) is 5.91 Å². The third-order valence-electron chi connectivity index (χ3n) is 3.16. The topological polar surface area (TPSA) is 76.7 Å². The Hall–Kier alpha value is -1.14. The highest BCUT2D eigenvalue weighted by Gasteiger charge is 2.33. The molecular formula is C13H24N2O4. The fraction of sp³-hybridized carbons (Fsp3) is 0.846. The molecule has 1 aliphatic heterocycles. The van der Waals surface area contributed by atoms with E-state index in [9.17, 15) is 9.59 Å². The van der Waals surface area contributed by atoms with Crippen LogP contribution in [0.5, 0.6) is 0 Å². The minimum Gasteiger partial charge on any atom is -0.469 e. The number of carbonyl (C=O) groups excluding carboxylic acids is 2. The van der Waals surface area contributed by atoms with Crippen LogP contribution in [0.1, 0.15) is 26.2 Å². The number of amides is 1. The van der Waals surface area contributed by atoms with Crippen molar-refractivity contribution in [3.8, 4) is 0 Å². The lowest BCUT2D eigenvalue weighted by Gasteiger charge is -2.18. The Balaban J connectivity index is 2.22. The summed E-state index contributed by atoms with van der Waals surface area (Å²) in [6, 6.07) is 0.0977. The normalized spacial score (nSPS) is 22.2. The largest absolute Gasteiger partial charge is 0.469 e. The van der Waals surface area contributed by atoms with Gasteiger partial charge in [-0.25, -0.2) is 0 Å². The minimum absolute atomic E-state index is 0.00373. The predicted octanol–water partition coefficient (Wildman–Crippen LogP) is 0.0704. The fourth-order valence-electron chi connectivity index (χ4n) is 2.02. The highest BCUT2D eigenvalue weighted by atomic mass is 16.5. The van der Waals surface area contributed by atoms with E-state index in [-0.39, 0.29) is 23.8 Å². The number of carbonyl (C=O) groups is 2. The second-order valence-electron chi connectivity index (χ2n) is 4.68. The van der Waals surface area contributed by atoms with Gasteiger partial charge in [-0.1, -0.05) is 6.92 Å². The SMILES string of the molecule is CCCNC1COCC1C(=O)NCCCC(=O)OC. The van der Waals surface area contributed by atoms with Crippen molar-refractivity contribution in [1.29, 1.82) is 0 Å². The molecule has 0 aromatic rings. The van der Waals surface area contributed by atoms with Crippen LogP contribution in [0.3, 0.4) is 0 Å². The van der Waals surface area contributed by atoms with Crippen LogP contribution in [-0.2, 0) is 19.1 Å². The Morgan fingerprint density at radius 1 is 1.32 bits per heavy atom. The zero-order valence-corrected chi connectivity index (χ0v) is 11.7. The van der Waals surface area contributed by atoms with Crippen molar-refractivity contribution >= 4 is 11.9 Å². The van der Waals surface area contributed by atoms with Gasteiger partial charge < -0.3 is 20.1 Å². The summed E-state index contributed by atoms with van der Waals surface area (Å²) in [5.74, 6) is -0.387. The summed E-state index contributed by atoms with van der Waals surface area (Å²) in [7, 11) is 1.36. The van der Waals surface area contributed by atoms with E-state index in [1.54, 1.807) is 0 Å². The zero-order valence-electron chi connectivity index (χ0n) is 11.7. The Morgan fingerprint density at radius 2 is 2.11 bits per heavy atom. The molecule has 110 valence electrons. The Morgan fingerprint density at radius 3 is 2.79 bits per heavy atom. The summed E-state index contributed by atoms with van der Waals surface area (Å²) in [4.78, 5) is 22.9. The fourth-order valence-corrected chi connectivity index (χ4v) is 2.02. The predicted molar refractivity (Wildman–Crippen MR) is 70.7 cm³/mol. The average molecular weight is 272 g/mol. The number of hydrogen-bond acceptors (Lipinski definition) is 5. The van der Waals surface area contributed by atoms with Gasteiger partial charge in [-0.15, -0.1) is 0 Å². The van der Waals surface area contributed by atoms with Crippen LogP contribution in [0.2, 0.25) is 0 Å². The first-order chi connectivity index (χ1) is 9.19. The molecule has 19 heavy (non-hydrogen) atoms. The molecule has 0 bridgehead atoms. The van der Waals surface area contributed by atoms with Crippen LogP contribution in [0.4, 0.5) is 0 Å². The Bertz CT molecular complexity index is 296. The maximum absolute atomic E-state index is 12.0. The first-order valence-corrected chi connectivity index (χ1v) is 6.84. The zero-order chi connectivity index (χ0) is 14.1. The highest BCUT2D eigenvalue weighted by molar-refractivity contribution is 5.80. The van der Waals surface area contributed by atoms with Crippen molar-refractivity contribution in [2.24, 2.45) is 5.92 Å². The monoisotopic (exact) mass is 272 g/mol. The van der Waals surface area contributed by atoms with Crippen molar-refractivity contribution in [3.05, 3.63) is 0 Å². The molecule has 6 nitrogen and oxygen atoms in total. The molecule has 1 amide bonds. The quantitative estimate of drug-likeness (QED) is 0.483. The molecule has 1 rings (SSSR count). The van der Waals surface area contributed by atoms with E-state index in [2.05, 4.69) is 22.3 Å². The van der Waals surface area contributed by atoms with Gasteiger partial charge in [0, 0.05) is 19.0 Å². The smallest absolute Gasteiger partial charge is 0.305 e. The molecular weight excluding hydrogens is 248 g/mol. The van der Waals surface area contributed by atoms with E-state index in [4.69, 9.17) is 4.74 Å². The van der Waals surface area contributed by atoms with Gasteiger partial charge in [-0.2, -0.15) is 0 Å². The van der Waals surface area contributed by atoms with E-state index in [0.717, 1.165) is 13.0 Å². The molecule has 0 aromatic heterocycles. The molecule has 0 saturated carbocycles. The maximum atomic E-state index is 12.0. The van der Waals surface area contributed by atoms with Crippen LogP contribution < -0.4 is 10.6 Å². The van der Waals surface area contributed by atoms with E-state index in [1.807, 2.05) is 0 Å². The summed E-state index contributed by atoms with van der Waals surface area (Å²) in [5.41, 5.74) is 0. The molecule has 0 aromatic carbocycles. The second kappa shape index (κ2) is 8.87. The molecule has 2 N–H and O–H groups in total. The third-order valence-corrected chi connectivity index (χ3v) is 3.16. The molecule has 0 radical (unpaired) electrons. The molecule has 1 heterocycles. The number of esters is 1. The van der Waals surface area contributed by atoms with Crippen molar-refractivity contribution in [3.63, 3.8) is 0 Å². The molecule has 1 saturated heterocycles. The summed E-state index contributed by atoms with van der Waals surface area (Å²) < 4.78 is 9.89. The van der Waals surface area contributed by atoms with Crippen LogP contribution in [0.15, 0.2) is 0 Å². The third kappa shape index (κ3) is 5.57. The summed E-state index contributed by atoms with van der Waals surface area (Å²) in [6.45, 7) is 4.51. The van der Waals surface area contributed by atoms with Gasteiger partial charge in [0.1, 0.15) is 0 Å². The molecule has 1 fully saturated rings. The van der Waals surface area contributed by atoms with Crippen LogP contribution in [-0.4, -0.2) is 51.3 Å². The lowest BCUT2D eigenvalue weighted by molar-refractivity contribution is -0.140. The lowest BCUT2D eigenvalue weighted by Crippen LogP contribution is -2.44. The number of rotatable bonds is 8. The minimum atomic E-state index is -0.249. The highest BCUT2D eigenvalue weighted by Crippen LogP contribution is 2.13. The molecule has 2 unspecified atom stereocenters. The van der Waals surface area contributed by atoms with Crippen molar-refractivity contribution in [1.82, 2.24) is 10.6 Å². The summed E-state index contributed by atoms with van der Waals surface area (Å²) >= 11 is 0. The van der Waals surface area contributed by atoms with E-state index >= 15 is 0 Å². The Kier molecular flexibility index (Phi) is 7.43. The van der Waals surface area contributed by atoms with Crippen molar-refractivity contribution in [2.75, 3.05) is 33.4 Å². The first kappa shape index (κ1) is 15.9. The molecule has 1 aliphatic rings. The van der Waals surface area contributed by atoms with Crippen molar-refractivity contribution in [2.45, 2.75) is 32.2 Å². The summed E-state index contributed by atoms with van der Waals surface area (Å²) in [5, 5.41) is 6.16. The first-order valence-electron chi connectivity index (χ1n) is 6.84. The average Bonchev–Trinajstić information content (AvgIpc) is 2.89. The van der Waals surface area contributed by atoms with Gasteiger partial charge in [-0.3, -0.25) is 9.59 Å². The number of nitrogens with one attached hydrogen (secondary N) is 2. The molecule has 2 atom stereocenters. The van der Waals surface area contributed by atoms with Crippen LogP contribution in [0.25, 0.3) is 0 Å². The van der Waals surface area contributed by atoms with E-state index in [0.29, 0.717) is 32.6 Å². The molecule has 6 heteroatoms.